The van der Waals surface area contributed by atoms with Crippen LogP contribution in [0.3, 0.4) is 0 Å². The van der Waals surface area contributed by atoms with Crippen molar-refractivity contribution in [1.29, 1.82) is 0 Å². The van der Waals surface area contributed by atoms with Gasteiger partial charge in [-0.2, -0.15) is 0 Å². The molecule has 16 heavy (non-hydrogen) atoms. The Morgan fingerprint density at radius 1 is 1.56 bits per heavy atom. The first kappa shape index (κ1) is 11.1. The monoisotopic (exact) mass is 285 g/mol. The molecule has 1 aromatic heterocycles. The minimum atomic E-state index is -0.468. The summed E-state index contributed by atoms with van der Waals surface area (Å²) in [4.78, 5) is 11.6. The molecule has 0 atom stereocenters. The van der Waals surface area contributed by atoms with Gasteiger partial charge in [-0.05, 0) is 41.1 Å². The van der Waals surface area contributed by atoms with Crippen molar-refractivity contribution in [2.75, 3.05) is 6.61 Å². The Bertz CT molecular complexity index is 550. The van der Waals surface area contributed by atoms with Crippen LogP contribution >= 0.6 is 15.9 Å². The van der Waals surface area contributed by atoms with E-state index >= 15 is 0 Å². The van der Waals surface area contributed by atoms with Crippen molar-refractivity contribution in [1.82, 2.24) is 4.57 Å². The lowest BCUT2D eigenvalue weighted by Gasteiger charge is -2.03. The molecule has 1 heterocycles. The smallest absolute Gasteiger partial charge is 0.418 e. The minimum absolute atomic E-state index is 0.303. The fourth-order valence-electron chi connectivity index (χ4n) is 1.51. The van der Waals surface area contributed by atoms with Crippen LogP contribution in [-0.4, -0.2) is 17.3 Å². The highest BCUT2D eigenvalue weighted by Crippen LogP contribution is 2.27. The molecule has 0 unspecified atom stereocenters. The van der Waals surface area contributed by atoms with E-state index in [4.69, 9.17) is 4.74 Å². The van der Waals surface area contributed by atoms with Gasteiger partial charge in [0.1, 0.15) is 5.82 Å². The highest BCUT2D eigenvalue weighted by atomic mass is 79.9. The molecular weight excluding hydrogens is 277 g/mol. The van der Waals surface area contributed by atoms with Crippen molar-refractivity contribution in [2.45, 2.75) is 6.92 Å². The maximum atomic E-state index is 13.0. The second kappa shape index (κ2) is 4.25. The molecule has 0 radical (unpaired) electrons. The van der Waals surface area contributed by atoms with Gasteiger partial charge in [0.25, 0.3) is 0 Å². The molecule has 0 saturated heterocycles. The topological polar surface area (TPSA) is 31.2 Å². The molecule has 2 rings (SSSR count). The molecule has 0 aliphatic carbocycles. The maximum Gasteiger partial charge on any atom is 0.418 e. The van der Waals surface area contributed by atoms with Gasteiger partial charge in [-0.25, -0.2) is 9.18 Å². The van der Waals surface area contributed by atoms with Gasteiger partial charge < -0.3 is 4.74 Å². The van der Waals surface area contributed by atoms with Gasteiger partial charge in [0.15, 0.2) is 0 Å². The summed E-state index contributed by atoms with van der Waals surface area (Å²) in [7, 11) is 0. The second-order valence-corrected chi connectivity index (χ2v) is 4.06. The molecule has 1 aromatic carbocycles. The van der Waals surface area contributed by atoms with Gasteiger partial charge >= 0.3 is 6.09 Å². The van der Waals surface area contributed by atoms with Crippen LogP contribution in [0.25, 0.3) is 10.9 Å². The van der Waals surface area contributed by atoms with Crippen LogP contribution in [0.1, 0.15) is 6.92 Å². The summed E-state index contributed by atoms with van der Waals surface area (Å²) in [6.07, 6.45) is 1.10. The average Bonchev–Trinajstić information content (AvgIpc) is 2.56. The Labute approximate surface area is 99.9 Å². The van der Waals surface area contributed by atoms with Gasteiger partial charge in [-0.3, -0.25) is 4.57 Å². The maximum absolute atomic E-state index is 13.0. The Morgan fingerprint density at radius 3 is 3.00 bits per heavy atom. The third kappa shape index (κ3) is 1.82. The molecule has 3 nitrogen and oxygen atoms in total. The fraction of sp³-hybridized carbons (Fsp3) is 0.182. The largest absolute Gasteiger partial charge is 0.449 e. The van der Waals surface area contributed by atoms with Crippen LogP contribution in [0.15, 0.2) is 28.9 Å². The Morgan fingerprint density at radius 2 is 2.31 bits per heavy atom. The molecule has 0 amide bonds. The molecule has 0 saturated carbocycles. The summed E-state index contributed by atoms with van der Waals surface area (Å²) in [6, 6.07) is 4.23. The summed E-state index contributed by atoms with van der Waals surface area (Å²) in [5.74, 6) is -0.338. The first-order valence-corrected chi connectivity index (χ1v) is 5.56. The van der Waals surface area contributed by atoms with Crippen molar-refractivity contribution in [2.24, 2.45) is 0 Å². The third-order valence-electron chi connectivity index (χ3n) is 2.18. The van der Waals surface area contributed by atoms with Crippen molar-refractivity contribution >= 4 is 32.9 Å². The predicted molar refractivity (Wildman–Crippen MR) is 62.0 cm³/mol. The van der Waals surface area contributed by atoms with Crippen LogP contribution in [0.4, 0.5) is 9.18 Å². The number of rotatable bonds is 1. The number of hydrogen-bond acceptors (Lipinski definition) is 2. The van der Waals surface area contributed by atoms with Crippen LogP contribution in [-0.2, 0) is 4.74 Å². The Kier molecular flexibility index (Phi) is 2.96. The number of fused-ring (bicyclic) bond motifs is 1. The molecule has 84 valence electrons. The highest BCUT2D eigenvalue weighted by Gasteiger charge is 2.13. The molecule has 0 N–H and O–H groups in total. The Hall–Kier alpha value is -1.36. The zero-order valence-electron chi connectivity index (χ0n) is 8.54. The minimum Gasteiger partial charge on any atom is -0.449 e. The van der Waals surface area contributed by atoms with Gasteiger partial charge in [0.05, 0.1) is 12.1 Å². The number of ether oxygens (including phenoxy) is 1. The molecule has 0 spiro atoms. The quantitative estimate of drug-likeness (QED) is 0.802. The number of aromatic nitrogens is 1. The Balaban J connectivity index is 2.59. The summed E-state index contributed by atoms with van der Waals surface area (Å²) < 4.78 is 19.9. The SMILES string of the molecule is CCOC(=O)n1cc(Br)c2cc(F)ccc21. The lowest BCUT2D eigenvalue weighted by molar-refractivity contribution is 0.155. The third-order valence-corrected chi connectivity index (χ3v) is 2.81. The van der Waals surface area contributed by atoms with E-state index in [1.807, 2.05) is 0 Å². The van der Waals surface area contributed by atoms with Gasteiger partial charge in [-0.15, -0.1) is 0 Å². The van der Waals surface area contributed by atoms with E-state index < -0.39 is 6.09 Å². The number of hydrogen-bond donors (Lipinski definition) is 0. The molecule has 5 heteroatoms. The lowest BCUT2D eigenvalue weighted by Crippen LogP contribution is -2.11. The van der Waals surface area contributed by atoms with Crippen LogP contribution in [0, 0.1) is 5.82 Å². The fourth-order valence-corrected chi connectivity index (χ4v) is 2.03. The van der Waals surface area contributed by atoms with E-state index in [1.165, 1.54) is 16.7 Å². The molecule has 2 aromatic rings. The van der Waals surface area contributed by atoms with Gasteiger partial charge in [0.2, 0.25) is 0 Å². The van der Waals surface area contributed by atoms with E-state index in [1.54, 1.807) is 19.2 Å². The van der Waals surface area contributed by atoms with Crippen LogP contribution in [0.2, 0.25) is 0 Å². The first-order chi connectivity index (χ1) is 7.63. The van der Waals surface area contributed by atoms with Crippen molar-refractivity contribution < 1.29 is 13.9 Å². The normalized spacial score (nSPS) is 10.7. The lowest BCUT2D eigenvalue weighted by atomic mass is 10.2. The van der Waals surface area contributed by atoms with E-state index in [-0.39, 0.29) is 5.82 Å². The summed E-state index contributed by atoms with van der Waals surface area (Å²) in [5.41, 5.74) is 0.617. The average molecular weight is 286 g/mol. The second-order valence-electron chi connectivity index (χ2n) is 3.21. The van der Waals surface area contributed by atoms with Crippen molar-refractivity contribution in [3.63, 3.8) is 0 Å². The van der Waals surface area contributed by atoms with Crippen molar-refractivity contribution in [3.8, 4) is 0 Å². The van der Waals surface area contributed by atoms with Crippen molar-refractivity contribution in [3.05, 3.63) is 34.7 Å². The summed E-state index contributed by atoms with van der Waals surface area (Å²) in [6.45, 7) is 2.04. The highest BCUT2D eigenvalue weighted by molar-refractivity contribution is 9.10. The molecule has 0 bridgehead atoms. The first-order valence-electron chi connectivity index (χ1n) is 4.76. The zero-order chi connectivity index (χ0) is 11.7. The van der Waals surface area contributed by atoms with E-state index in [0.717, 1.165) is 0 Å². The van der Waals surface area contributed by atoms with E-state index in [9.17, 15) is 9.18 Å². The predicted octanol–water partition coefficient (Wildman–Crippen LogP) is 3.55. The standard InChI is InChI=1S/C11H9BrFNO2/c1-2-16-11(15)14-6-9(12)8-5-7(13)3-4-10(8)14/h3-6H,2H2,1H3. The molecule has 0 aliphatic heterocycles. The number of halogens is 2. The van der Waals surface area contributed by atoms with Crippen LogP contribution in [0.5, 0.6) is 0 Å². The molecule has 0 fully saturated rings. The molecule has 0 aliphatic rings. The summed E-state index contributed by atoms with van der Waals surface area (Å²) in [5, 5.41) is 0.646. The van der Waals surface area contributed by atoms with Gasteiger partial charge in [0, 0.05) is 16.1 Å². The number of carbonyl (C=O) groups is 1. The number of carbonyl (C=O) groups excluding carboxylic acids is 1. The summed E-state index contributed by atoms with van der Waals surface area (Å²) >= 11 is 3.28. The zero-order valence-corrected chi connectivity index (χ0v) is 10.1. The van der Waals surface area contributed by atoms with E-state index in [2.05, 4.69) is 15.9 Å². The van der Waals surface area contributed by atoms with E-state index in [0.29, 0.717) is 22.0 Å². The van der Waals surface area contributed by atoms with Gasteiger partial charge in [-0.1, -0.05) is 0 Å². The number of nitrogens with zero attached hydrogens (tertiary/aromatic N) is 1. The number of benzene rings is 1. The van der Waals surface area contributed by atoms with Crippen LogP contribution < -0.4 is 0 Å². The molecular formula is C11H9BrFNO2.